The van der Waals surface area contributed by atoms with Crippen molar-refractivity contribution in [2.75, 3.05) is 18.5 Å². The maximum atomic E-state index is 12.2. The Hall–Kier alpha value is -3.42. The molecule has 1 heterocycles. The van der Waals surface area contributed by atoms with Crippen LogP contribution in [0.25, 0.3) is 0 Å². The number of hydrogen-bond donors (Lipinski definition) is 3. The Morgan fingerprint density at radius 2 is 1.86 bits per heavy atom. The fourth-order valence-electron chi connectivity index (χ4n) is 2.88. The van der Waals surface area contributed by atoms with E-state index in [1.165, 1.54) is 13.0 Å². The van der Waals surface area contributed by atoms with Crippen LogP contribution in [0.4, 0.5) is 5.69 Å². The number of ether oxygens (including phenoxy) is 1. The molecular formula is C20H23N3O5. The second-order valence-electron chi connectivity index (χ2n) is 6.25. The standard InChI is InChI=1S/C20H23N3O5/c1-5-21-19(26)14-7-6-8-15(9-14)23-16(25)10-28-20(27)18-11(2)17(13(4)24)12(3)22-18/h6-9,22H,5,10H2,1-4H3,(H,21,26)(H,23,25). The van der Waals surface area contributed by atoms with Crippen molar-refractivity contribution >= 4 is 29.3 Å². The Bertz CT molecular complexity index is 930. The van der Waals surface area contributed by atoms with E-state index >= 15 is 0 Å². The van der Waals surface area contributed by atoms with Crippen molar-refractivity contribution < 1.29 is 23.9 Å². The molecule has 2 amide bonds. The van der Waals surface area contributed by atoms with Gasteiger partial charge in [0.2, 0.25) is 0 Å². The fraction of sp³-hybridized carbons (Fsp3) is 0.300. The van der Waals surface area contributed by atoms with Crippen molar-refractivity contribution in [1.82, 2.24) is 10.3 Å². The number of carbonyl (C=O) groups excluding carboxylic acids is 4. The molecule has 0 saturated heterocycles. The molecule has 0 aliphatic rings. The van der Waals surface area contributed by atoms with Gasteiger partial charge in [0.05, 0.1) is 0 Å². The third kappa shape index (κ3) is 4.85. The van der Waals surface area contributed by atoms with Crippen LogP contribution in [0.3, 0.4) is 0 Å². The largest absolute Gasteiger partial charge is 0.451 e. The minimum Gasteiger partial charge on any atom is -0.451 e. The van der Waals surface area contributed by atoms with E-state index < -0.39 is 18.5 Å². The molecule has 0 unspecified atom stereocenters. The van der Waals surface area contributed by atoms with Crippen molar-refractivity contribution in [2.24, 2.45) is 0 Å². The SMILES string of the molecule is CCNC(=O)c1cccc(NC(=O)COC(=O)c2[nH]c(C)c(C(C)=O)c2C)c1. The van der Waals surface area contributed by atoms with Crippen LogP contribution in [0, 0.1) is 13.8 Å². The fourth-order valence-corrected chi connectivity index (χ4v) is 2.88. The third-order valence-electron chi connectivity index (χ3n) is 4.07. The van der Waals surface area contributed by atoms with Crippen molar-refractivity contribution in [2.45, 2.75) is 27.7 Å². The summed E-state index contributed by atoms with van der Waals surface area (Å²) in [6.07, 6.45) is 0. The molecule has 0 aliphatic heterocycles. The van der Waals surface area contributed by atoms with Gasteiger partial charge in [-0.2, -0.15) is 0 Å². The highest BCUT2D eigenvalue weighted by molar-refractivity contribution is 6.02. The minimum atomic E-state index is -0.723. The van der Waals surface area contributed by atoms with E-state index in [0.717, 1.165) is 0 Å². The number of esters is 1. The lowest BCUT2D eigenvalue weighted by Gasteiger charge is -2.08. The predicted octanol–water partition coefficient (Wildman–Crippen LogP) is 2.38. The number of ketones is 1. The molecule has 1 aromatic heterocycles. The van der Waals surface area contributed by atoms with Crippen LogP contribution >= 0.6 is 0 Å². The predicted molar refractivity (Wildman–Crippen MR) is 104 cm³/mol. The van der Waals surface area contributed by atoms with Crippen molar-refractivity contribution in [3.05, 3.63) is 52.3 Å². The van der Waals surface area contributed by atoms with E-state index in [1.807, 2.05) is 6.92 Å². The first-order valence-electron chi connectivity index (χ1n) is 8.79. The smallest absolute Gasteiger partial charge is 0.355 e. The Labute approximate surface area is 162 Å². The number of aryl methyl sites for hydroxylation is 1. The molecule has 8 nitrogen and oxygen atoms in total. The van der Waals surface area contributed by atoms with Crippen LogP contribution < -0.4 is 10.6 Å². The van der Waals surface area contributed by atoms with E-state index in [-0.39, 0.29) is 17.4 Å². The van der Waals surface area contributed by atoms with Gasteiger partial charge < -0.3 is 20.4 Å². The number of amides is 2. The highest BCUT2D eigenvalue weighted by Crippen LogP contribution is 2.19. The van der Waals surface area contributed by atoms with Gasteiger partial charge >= 0.3 is 5.97 Å². The van der Waals surface area contributed by atoms with Gasteiger partial charge in [-0.1, -0.05) is 6.07 Å². The number of benzene rings is 1. The van der Waals surface area contributed by atoms with Crippen LogP contribution in [0.1, 0.15) is 56.3 Å². The zero-order chi connectivity index (χ0) is 20.8. The maximum absolute atomic E-state index is 12.2. The molecule has 8 heteroatoms. The lowest BCUT2D eigenvalue weighted by Crippen LogP contribution is -2.23. The van der Waals surface area contributed by atoms with Gasteiger partial charge in [-0.25, -0.2) is 4.79 Å². The summed E-state index contributed by atoms with van der Waals surface area (Å²) in [6, 6.07) is 6.42. The molecule has 0 fully saturated rings. The van der Waals surface area contributed by atoms with E-state index in [9.17, 15) is 19.2 Å². The quantitative estimate of drug-likeness (QED) is 0.500. The second-order valence-corrected chi connectivity index (χ2v) is 6.25. The molecule has 2 rings (SSSR count). The molecule has 148 valence electrons. The molecule has 0 saturated carbocycles. The first kappa shape index (κ1) is 20.9. The molecular weight excluding hydrogens is 362 g/mol. The number of H-pyrrole nitrogens is 1. The van der Waals surface area contributed by atoms with Crippen molar-refractivity contribution in [3.8, 4) is 0 Å². The summed E-state index contributed by atoms with van der Waals surface area (Å²) in [7, 11) is 0. The van der Waals surface area contributed by atoms with Gasteiger partial charge in [-0.3, -0.25) is 14.4 Å². The topological polar surface area (TPSA) is 117 Å². The van der Waals surface area contributed by atoms with Crippen LogP contribution in [0.5, 0.6) is 0 Å². The first-order chi connectivity index (χ1) is 13.2. The normalized spacial score (nSPS) is 10.3. The molecule has 0 bridgehead atoms. The van der Waals surface area contributed by atoms with E-state index in [2.05, 4.69) is 15.6 Å². The molecule has 0 atom stereocenters. The Morgan fingerprint density at radius 3 is 2.46 bits per heavy atom. The van der Waals surface area contributed by atoms with Crippen LogP contribution in [0.15, 0.2) is 24.3 Å². The third-order valence-corrected chi connectivity index (χ3v) is 4.07. The highest BCUT2D eigenvalue weighted by Gasteiger charge is 2.21. The number of anilines is 1. The number of nitrogens with one attached hydrogen (secondary N) is 3. The first-order valence-corrected chi connectivity index (χ1v) is 8.79. The van der Waals surface area contributed by atoms with E-state index in [4.69, 9.17) is 4.74 Å². The molecule has 0 aliphatic carbocycles. The molecule has 28 heavy (non-hydrogen) atoms. The average Bonchev–Trinajstić information content (AvgIpc) is 2.94. The van der Waals surface area contributed by atoms with Crippen molar-refractivity contribution in [3.63, 3.8) is 0 Å². The van der Waals surface area contributed by atoms with Gasteiger partial charge in [0, 0.05) is 29.1 Å². The van der Waals surface area contributed by atoms with Gasteiger partial charge in [-0.15, -0.1) is 0 Å². The Morgan fingerprint density at radius 1 is 1.14 bits per heavy atom. The molecule has 0 radical (unpaired) electrons. The zero-order valence-electron chi connectivity index (χ0n) is 16.3. The lowest BCUT2D eigenvalue weighted by atomic mass is 10.1. The summed E-state index contributed by atoms with van der Waals surface area (Å²) in [5.41, 5.74) is 2.47. The zero-order valence-corrected chi connectivity index (χ0v) is 16.3. The minimum absolute atomic E-state index is 0.147. The monoisotopic (exact) mass is 385 g/mol. The summed E-state index contributed by atoms with van der Waals surface area (Å²) in [5, 5.41) is 5.25. The van der Waals surface area contributed by atoms with Crippen LogP contribution in [0.2, 0.25) is 0 Å². The summed E-state index contributed by atoms with van der Waals surface area (Å²) < 4.78 is 5.03. The second kappa shape index (κ2) is 8.98. The molecule has 2 aromatic rings. The van der Waals surface area contributed by atoms with Crippen LogP contribution in [-0.2, 0) is 9.53 Å². The molecule has 3 N–H and O–H groups in total. The van der Waals surface area contributed by atoms with Crippen LogP contribution in [-0.4, -0.2) is 41.7 Å². The van der Waals surface area contributed by atoms with Gasteiger partial charge in [0.15, 0.2) is 12.4 Å². The summed E-state index contributed by atoms with van der Waals surface area (Å²) in [4.78, 5) is 50.6. The summed E-state index contributed by atoms with van der Waals surface area (Å²) in [5.74, 6) is -1.67. The highest BCUT2D eigenvalue weighted by atomic mass is 16.5. The maximum Gasteiger partial charge on any atom is 0.355 e. The number of rotatable bonds is 7. The van der Waals surface area contributed by atoms with Crippen molar-refractivity contribution in [1.29, 1.82) is 0 Å². The van der Waals surface area contributed by atoms with E-state index in [0.29, 0.717) is 34.6 Å². The number of hydrogen-bond acceptors (Lipinski definition) is 5. The number of carbonyl (C=O) groups is 4. The number of aromatic amines is 1. The Kier molecular flexibility index (Phi) is 6.70. The summed E-state index contributed by atoms with van der Waals surface area (Å²) in [6.45, 7) is 6.55. The molecule has 0 spiro atoms. The van der Waals surface area contributed by atoms with Gasteiger partial charge in [-0.05, 0) is 51.5 Å². The lowest BCUT2D eigenvalue weighted by molar-refractivity contribution is -0.119. The van der Waals surface area contributed by atoms with E-state index in [1.54, 1.807) is 32.0 Å². The van der Waals surface area contributed by atoms with Gasteiger partial charge in [0.25, 0.3) is 11.8 Å². The number of Topliss-reactive ketones (excluding diaryl/α,β-unsaturated/α-hetero) is 1. The average molecular weight is 385 g/mol. The Balaban J connectivity index is 1.99. The van der Waals surface area contributed by atoms with Gasteiger partial charge in [0.1, 0.15) is 5.69 Å². The number of aromatic nitrogens is 1. The summed E-state index contributed by atoms with van der Waals surface area (Å²) >= 11 is 0. The molecule has 1 aromatic carbocycles.